The van der Waals surface area contributed by atoms with Gasteiger partial charge in [-0.15, -0.1) is 0 Å². The molecule has 0 bridgehead atoms. The smallest absolute Gasteiger partial charge is 0.129 e. The molecule has 0 saturated carbocycles. The van der Waals surface area contributed by atoms with E-state index in [4.69, 9.17) is 32.7 Å². The second-order valence-electron chi connectivity index (χ2n) is 5.13. The Bertz CT molecular complexity index is 497. The van der Waals surface area contributed by atoms with E-state index in [-0.39, 0.29) is 6.61 Å². The van der Waals surface area contributed by atoms with Gasteiger partial charge in [-0.05, 0) is 26.0 Å². The SMILES string of the molecule is CC1(C)CC(O)c2ccc(OCC(Cl)=CCl)cc2O1. The summed E-state index contributed by atoms with van der Waals surface area (Å²) in [6, 6.07) is 5.35. The Morgan fingerprint density at radius 2 is 2.32 bits per heavy atom. The summed E-state index contributed by atoms with van der Waals surface area (Å²) in [5, 5.41) is 10.5. The highest BCUT2D eigenvalue weighted by Gasteiger charge is 2.32. The van der Waals surface area contributed by atoms with Gasteiger partial charge in [0, 0.05) is 23.6 Å². The van der Waals surface area contributed by atoms with Crippen molar-refractivity contribution < 1.29 is 14.6 Å². The largest absolute Gasteiger partial charge is 0.488 e. The van der Waals surface area contributed by atoms with Crippen molar-refractivity contribution in [3.05, 3.63) is 34.3 Å². The lowest BCUT2D eigenvalue weighted by atomic mass is 9.92. The number of hydrogen-bond acceptors (Lipinski definition) is 3. The van der Waals surface area contributed by atoms with Crippen LogP contribution in [0.25, 0.3) is 0 Å². The number of hydrogen-bond donors (Lipinski definition) is 1. The zero-order valence-corrected chi connectivity index (χ0v) is 12.3. The Morgan fingerprint density at radius 1 is 1.58 bits per heavy atom. The summed E-state index contributed by atoms with van der Waals surface area (Å²) >= 11 is 11.2. The van der Waals surface area contributed by atoms with Crippen LogP contribution in [0.3, 0.4) is 0 Å². The number of aliphatic hydroxyl groups excluding tert-OH is 1. The van der Waals surface area contributed by atoms with E-state index in [1.54, 1.807) is 12.1 Å². The first-order chi connectivity index (χ1) is 8.91. The number of aliphatic hydroxyl groups is 1. The maximum absolute atomic E-state index is 10.1. The third kappa shape index (κ3) is 3.56. The molecule has 2 rings (SSSR count). The van der Waals surface area contributed by atoms with Gasteiger partial charge in [-0.25, -0.2) is 0 Å². The molecule has 1 unspecified atom stereocenters. The molecule has 0 aromatic heterocycles. The van der Waals surface area contributed by atoms with E-state index >= 15 is 0 Å². The number of benzene rings is 1. The zero-order chi connectivity index (χ0) is 14.0. The number of halogens is 2. The van der Waals surface area contributed by atoms with Crippen LogP contribution in [0.4, 0.5) is 0 Å². The monoisotopic (exact) mass is 302 g/mol. The van der Waals surface area contributed by atoms with Crippen LogP contribution in [0.1, 0.15) is 31.9 Å². The Hall–Kier alpha value is -0.900. The summed E-state index contributed by atoms with van der Waals surface area (Å²) in [5.41, 5.74) is 1.66. The van der Waals surface area contributed by atoms with Gasteiger partial charge in [0.05, 0.1) is 11.1 Å². The molecular weight excluding hydrogens is 287 g/mol. The van der Waals surface area contributed by atoms with Crippen LogP contribution in [0.15, 0.2) is 28.8 Å². The molecule has 1 aliphatic heterocycles. The highest BCUT2D eigenvalue weighted by molar-refractivity contribution is 6.36. The molecule has 1 aromatic carbocycles. The van der Waals surface area contributed by atoms with Crippen molar-refractivity contribution in [2.75, 3.05) is 6.61 Å². The molecule has 1 heterocycles. The van der Waals surface area contributed by atoms with Crippen molar-refractivity contribution in [1.29, 1.82) is 0 Å². The predicted molar refractivity (Wildman–Crippen MR) is 76.0 cm³/mol. The van der Waals surface area contributed by atoms with E-state index in [9.17, 15) is 5.11 Å². The van der Waals surface area contributed by atoms with Crippen LogP contribution in [0, 0.1) is 0 Å². The topological polar surface area (TPSA) is 38.7 Å². The van der Waals surface area contributed by atoms with Gasteiger partial charge in [-0.2, -0.15) is 0 Å². The molecule has 19 heavy (non-hydrogen) atoms. The average Bonchev–Trinajstić information content (AvgIpc) is 2.33. The Labute approximate surface area is 122 Å². The zero-order valence-electron chi connectivity index (χ0n) is 10.8. The van der Waals surface area contributed by atoms with Gasteiger partial charge < -0.3 is 14.6 Å². The molecule has 0 aliphatic carbocycles. The molecule has 0 amide bonds. The van der Waals surface area contributed by atoms with E-state index < -0.39 is 11.7 Å². The van der Waals surface area contributed by atoms with Crippen molar-refractivity contribution in [2.24, 2.45) is 0 Å². The molecule has 0 spiro atoms. The van der Waals surface area contributed by atoms with E-state index in [0.717, 1.165) is 5.56 Å². The maximum Gasteiger partial charge on any atom is 0.129 e. The van der Waals surface area contributed by atoms with Gasteiger partial charge in [0.1, 0.15) is 23.7 Å². The molecule has 0 radical (unpaired) electrons. The minimum absolute atomic E-state index is 0.204. The van der Waals surface area contributed by atoms with Crippen molar-refractivity contribution in [2.45, 2.75) is 32.0 Å². The minimum Gasteiger partial charge on any atom is -0.488 e. The summed E-state index contributed by atoms with van der Waals surface area (Å²) in [6.07, 6.45) is 0.0558. The highest BCUT2D eigenvalue weighted by atomic mass is 35.5. The highest BCUT2D eigenvalue weighted by Crippen LogP contribution is 2.41. The lowest BCUT2D eigenvalue weighted by molar-refractivity contribution is 0.0113. The van der Waals surface area contributed by atoms with Crippen molar-refractivity contribution >= 4 is 23.2 Å². The average molecular weight is 303 g/mol. The van der Waals surface area contributed by atoms with Gasteiger partial charge in [0.25, 0.3) is 0 Å². The van der Waals surface area contributed by atoms with E-state index in [2.05, 4.69) is 0 Å². The summed E-state index contributed by atoms with van der Waals surface area (Å²) in [4.78, 5) is 0. The van der Waals surface area contributed by atoms with Gasteiger partial charge in [-0.3, -0.25) is 0 Å². The van der Waals surface area contributed by atoms with E-state index in [1.165, 1.54) is 5.54 Å². The summed E-state index contributed by atoms with van der Waals surface area (Å²) in [6.45, 7) is 4.09. The third-order valence-corrected chi connectivity index (χ3v) is 3.50. The Kier molecular flexibility index (Phi) is 4.29. The van der Waals surface area contributed by atoms with E-state index in [1.807, 2.05) is 19.9 Å². The maximum atomic E-state index is 10.1. The second kappa shape index (κ2) is 5.61. The molecule has 1 N–H and O–H groups in total. The van der Waals surface area contributed by atoms with Crippen LogP contribution in [0.2, 0.25) is 0 Å². The van der Waals surface area contributed by atoms with Gasteiger partial charge in [0.2, 0.25) is 0 Å². The molecular formula is C14H16Cl2O3. The number of ether oxygens (including phenoxy) is 2. The predicted octanol–water partition coefficient (Wildman–Crippen LogP) is 3.98. The molecule has 104 valence electrons. The lowest BCUT2D eigenvalue weighted by Gasteiger charge is -2.35. The first kappa shape index (κ1) is 14.5. The lowest BCUT2D eigenvalue weighted by Crippen LogP contribution is -2.34. The minimum atomic E-state index is -0.515. The van der Waals surface area contributed by atoms with Crippen molar-refractivity contribution in [3.63, 3.8) is 0 Å². The normalized spacial score (nSPS) is 21.5. The standard InChI is InChI=1S/C14H16Cl2O3/c1-14(2)6-12(17)11-4-3-10(5-13(11)19-14)18-8-9(16)7-15/h3-5,7,12,17H,6,8H2,1-2H3. The Balaban J connectivity index is 2.19. The summed E-state index contributed by atoms with van der Waals surface area (Å²) < 4.78 is 11.3. The fourth-order valence-corrected chi connectivity index (χ4v) is 2.18. The summed E-state index contributed by atoms with van der Waals surface area (Å²) in [7, 11) is 0. The quantitative estimate of drug-likeness (QED) is 0.918. The first-order valence-electron chi connectivity index (χ1n) is 6.00. The molecule has 0 fully saturated rings. The third-order valence-electron chi connectivity index (χ3n) is 2.91. The van der Waals surface area contributed by atoms with Crippen LogP contribution in [0.5, 0.6) is 11.5 Å². The summed E-state index contributed by atoms with van der Waals surface area (Å²) in [5.74, 6) is 1.27. The van der Waals surface area contributed by atoms with Crippen molar-refractivity contribution in [3.8, 4) is 11.5 Å². The van der Waals surface area contributed by atoms with E-state index in [0.29, 0.717) is 23.0 Å². The fraction of sp³-hybridized carbons (Fsp3) is 0.429. The van der Waals surface area contributed by atoms with Crippen LogP contribution in [-0.4, -0.2) is 17.3 Å². The van der Waals surface area contributed by atoms with Crippen LogP contribution >= 0.6 is 23.2 Å². The van der Waals surface area contributed by atoms with Gasteiger partial charge >= 0.3 is 0 Å². The molecule has 3 nitrogen and oxygen atoms in total. The first-order valence-corrected chi connectivity index (χ1v) is 6.81. The number of rotatable bonds is 3. The van der Waals surface area contributed by atoms with Gasteiger partial charge in [0.15, 0.2) is 0 Å². The Morgan fingerprint density at radius 3 is 3.00 bits per heavy atom. The van der Waals surface area contributed by atoms with Crippen LogP contribution < -0.4 is 9.47 Å². The van der Waals surface area contributed by atoms with Crippen molar-refractivity contribution in [1.82, 2.24) is 0 Å². The molecule has 1 aromatic rings. The molecule has 1 aliphatic rings. The molecule has 5 heteroatoms. The fourth-order valence-electron chi connectivity index (χ4n) is 2.07. The number of fused-ring (bicyclic) bond motifs is 1. The second-order valence-corrected chi connectivity index (χ2v) is 5.83. The molecule has 1 atom stereocenters. The molecule has 0 saturated heterocycles. The van der Waals surface area contributed by atoms with Crippen LogP contribution in [-0.2, 0) is 0 Å². The van der Waals surface area contributed by atoms with Gasteiger partial charge in [-0.1, -0.05) is 23.2 Å².